The number of benzene rings is 1. The number of anilines is 2. The van der Waals surface area contributed by atoms with Crippen LogP contribution < -0.4 is 16.4 Å². The first kappa shape index (κ1) is 38.1. The standard InChI is InChI=1S/C10H12F4N2.C9H13N3O.C7H15N.CH4O/c1-2-15-6-16-9-4-7(10(12,13)14)3-8(11)5-9;1-3-7(2)13-6-8-4-5-11-9(10)12-8;1-5-7(3)8(4)6-2;1-2/h3-5,15-16H,2,6H2,1H3;3-5,7H,1,6H2,2H3,(H2,10,11,12);5,7H,1,6H2,2-4H3;2H,1H3. The number of halogens is 4. The summed E-state index contributed by atoms with van der Waals surface area (Å²) < 4.78 is 55.3. The largest absolute Gasteiger partial charge is 0.416 e. The highest BCUT2D eigenvalue weighted by molar-refractivity contribution is 5.46. The van der Waals surface area contributed by atoms with E-state index in [-0.39, 0.29) is 24.4 Å². The molecule has 2 unspecified atom stereocenters. The Morgan fingerprint density at radius 2 is 1.79 bits per heavy atom. The van der Waals surface area contributed by atoms with Gasteiger partial charge in [0, 0.05) is 25.0 Å². The number of aliphatic hydroxyl groups is 1. The summed E-state index contributed by atoms with van der Waals surface area (Å²) in [5.41, 5.74) is 5.29. The fourth-order valence-electron chi connectivity index (χ4n) is 2.39. The Morgan fingerprint density at radius 1 is 1.15 bits per heavy atom. The molecular weight excluding hydrogens is 516 g/mol. The number of nitrogen functional groups attached to an aromatic ring is 1. The van der Waals surface area contributed by atoms with Crippen LogP contribution in [0.5, 0.6) is 0 Å². The molecule has 0 bridgehead atoms. The van der Waals surface area contributed by atoms with E-state index < -0.39 is 17.6 Å². The average Bonchev–Trinajstić information content (AvgIpc) is 2.92. The van der Waals surface area contributed by atoms with Gasteiger partial charge in [-0.15, -0.1) is 13.2 Å². The first-order valence-corrected chi connectivity index (χ1v) is 12.3. The third kappa shape index (κ3) is 18.8. The Hall–Kier alpha value is -3.06. The van der Waals surface area contributed by atoms with Gasteiger partial charge in [0.25, 0.3) is 0 Å². The number of nitrogens with one attached hydrogen (secondary N) is 2. The zero-order chi connectivity index (χ0) is 30.4. The van der Waals surface area contributed by atoms with Crippen LogP contribution in [0, 0.1) is 5.82 Å². The number of nitrogens with zero attached hydrogens (tertiary/aromatic N) is 3. The van der Waals surface area contributed by atoms with Crippen LogP contribution in [0.15, 0.2) is 55.8 Å². The number of hydrogen-bond acceptors (Lipinski definition) is 8. The lowest BCUT2D eigenvalue weighted by molar-refractivity contribution is -0.137. The van der Waals surface area contributed by atoms with E-state index in [0.717, 1.165) is 31.5 Å². The Labute approximate surface area is 230 Å². The van der Waals surface area contributed by atoms with Gasteiger partial charge >= 0.3 is 6.18 Å². The molecule has 0 aliphatic heterocycles. The molecule has 0 spiro atoms. The van der Waals surface area contributed by atoms with Gasteiger partial charge in [0.05, 0.1) is 30.6 Å². The summed E-state index contributed by atoms with van der Waals surface area (Å²) >= 11 is 0. The fraction of sp³-hybridized carbons (Fsp3) is 0.481. The molecular formula is C27H44F4N6O2. The summed E-state index contributed by atoms with van der Waals surface area (Å²) in [4.78, 5) is 9.99. The Bertz CT molecular complexity index is 931. The second-order valence-corrected chi connectivity index (χ2v) is 7.89. The lowest BCUT2D eigenvalue weighted by atomic mass is 10.2. The summed E-state index contributed by atoms with van der Waals surface area (Å²) in [5.74, 6) is -0.638. The minimum Gasteiger partial charge on any atom is -0.400 e. The summed E-state index contributed by atoms with van der Waals surface area (Å²) in [6, 6.07) is 4.65. The van der Waals surface area contributed by atoms with E-state index in [9.17, 15) is 17.6 Å². The third-order valence-corrected chi connectivity index (χ3v) is 4.99. The molecule has 2 aromatic rings. The molecule has 1 aromatic carbocycles. The van der Waals surface area contributed by atoms with Gasteiger partial charge in [0.1, 0.15) is 5.82 Å². The molecule has 0 amide bonds. The molecule has 0 aliphatic rings. The average molecular weight is 561 g/mol. The van der Waals surface area contributed by atoms with Gasteiger partial charge in [0.2, 0.25) is 5.95 Å². The van der Waals surface area contributed by atoms with Crippen LogP contribution in [0.1, 0.15) is 39.0 Å². The molecule has 0 saturated heterocycles. The first-order chi connectivity index (χ1) is 18.4. The number of alkyl halides is 3. The third-order valence-electron chi connectivity index (χ3n) is 4.99. The second kappa shape index (κ2) is 21.8. The maximum Gasteiger partial charge on any atom is 0.416 e. The highest BCUT2D eigenvalue weighted by Gasteiger charge is 2.31. The summed E-state index contributed by atoms with van der Waals surface area (Å²) in [5, 5.41) is 12.5. The summed E-state index contributed by atoms with van der Waals surface area (Å²) in [6.45, 7) is 17.8. The molecule has 1 heterocycles. The number of aliphatic hydroxyl groups excluding tert-OH is 1. The molecule has 5 N–H and O–H groups in total. The van der Waals surface area contributed by atoms with Gasteiger partial charge in [-0.2, -0.15) is 13.2 Å². The minimum absolute atomic E-state index is 0.0242. The number of aromatic nitrogens is 2. The predicted molar refractivity (Wildman–Crippen MR) is 151 cm³/mol. The van der Waals surface area contributed by atoms with Crippen molar-refractivity contribution < 1.29 is 27.4 Å². The lowest BCUT2D eigenvalue weighted by Gasteiger charge is -2.18. The Balaban J connectivity index is 0. The van der Waals surface area contributed by atoms with Crippen LogP contribution in [0.3, 0.4) is 0 Å². The maximum atomic E-state index is 12.9. The number of ether oxygens (including phenoxy) is 1. The number of hydrogen-bond donors (Lipinski definition) is 4. The monoisotopic (exact) mass is 560 g/mol. The van der Waals surface area contributed by atoms with Crippen LogP contribution in [-0.2, 0) is 17.5 Å². The van der Waals surface area contributed by atoms with Crippen molar-refractivity contribution in [3.05, 3.63) is 72.8 Å². The highest BCUT2D eigenvalue weighted by Crippen LogP contribution is 2.31. The molecule has 0 radical (unpaired) electrons. The molecule has 2 rings (SSSR count). The molecule has 0 aliphatic carbocycles. The van der Waals surface area contributed by atoms with Crippen molar-refractivity contribution in [1.82, 2.24) is 20.2 Å². The van der Waals surface area contributed by atoms with E-state index in [1.54, 1.807) is 18.3 Å². The van der Waals surface area contributed by atoms with E-state index in [0.29, 0.717) is 25.3 Å². The van der Waals surface area contributed by atoms with Crippen LogP contribution >= 0.6 is 0 Å². The van der Waals surface area contributed by atoms with Gasteiger partial charge < -0.3 is 31.1 Å². The number of likely N-dealkylation sites (N-methyl/N-ethyl adjacent to an activating group) is 1. The van der Waals surface area contributed by atoms with Gasteiger partial charge in [0.15, 0.2) is 0 Å². The molecule has 1 aromatic heterocycles. The predicted octanol–water partition coefficient (Wildman–Crippen LogP) is 5.09. The van der Waals surface area contributed by atoms with Crippen molar-refractivity contribution in [3.8, 4) is 0 Å². The Morgan fingerprint density at radius 3 is 2.26 bits per heavy atom. The quantitative estimate of drug-likeness (QED) is 0.130. The van der Waals surface area contributed by atoms with Crippen LogP contribution in [0.25, 0.3) is 0 Å². The van der Waals surface area contributed by atoms with Gasteiger partial charge in [-0.3, -0.25) is 0 Å². The molecule has 12 heteroatoms. The second-order valence-electron chi connectivity index (χ2n) is 7.89. The molecule has 0 fully saturated rings. The van der Waals surface area contributed by atoms with Crippen LogP contribution in [0.4, 0.5) is 29.2 Å². The van der Waals surface area contributed by atoms with Crippen molar-refractivity contribution in [2.75, 3.05) is 45.0 Å². The highest BCUT2D eigenvalue weighted by atomic mass is 19.4. The molecule has 8 nitrogen and oxygen atoms in total. The first-order valence-electron chi connectivity index (χ1n) is 12.3. The minimum atomic E-state index is -4.53. The van der Waals surface area contributed by atoms with E-state index in [1.807, 2.05) is 19.9 Å². The molecule has 222 valence electrons. The van der Waals surface area contributed by atoms with Crippen molar-refractivity contribution in [2.24, 2.45) is 0 Å². The topological polar surface area (TPSA) is 109 Å². The van der Waals surface area contributed by atoms with E-state index in [2.05, 4.69) is 59.6 Å². The fourth-order valence-corrected chi connectivity index (χ4v) is 2.39. The Kier molecular flexibility index (Phi) is 21.3. The van der Waals surface area contributed by atoms with E-state index in [4.69, 9.17) is 15.6 Å². The lowest BCUT2D eigenvalue weighted by Crippen LogP contribution is -2.26. The smallest absolute Gasteiger partial charge is 0.400 e. The van der Waals surface area contributed by atoms with Gasteiger partial charge in [-0.1, -0.05) is 26.0 Å². The number of rotatable bonds is 11. The van der Waals surface area contributed by atoms with Crippen LogP contribution in [-0.4, -0.2) is 66.0 Å². The molecule has 0 saturated carbocycles. The zero-order valence-electron chi connectivity index (χ0n) is 23.7. The van der Waals surface area contributed by atoms with Crippen molar-refractivity contribution in [2.45, 2.75) is 52.6 Å². The molecule has 39 heavy (non-hydrogen) atoms. The summed E-state index contributed by atoms with van der Waals surface area (Å²) in [6.07, 6.45) is 0.779. The number of nitrogens with two attached hydrogens (primary N) is 1. The van der Waals surface area contributed by atoms with E-state index in [1.165, 1.54) is 0 Å². The normalized spacial score (nSPS) is 11.9. The van der Waals surface area contributed by atoms with Crippen molar-refractivity contribution >= 4 is 11.6 Å². The van der Waals surface area contributed by atoms with Crippen molar-refractivity contribution in [3.63, 3.8) is 0 Å². The maximum absolute atomic E-state index is 12.9. The van der Waals surface area contributed by atoms with Gasteiger partial charge in [-0.25, -0.2) is 14.4 Å². The zero-order valence-corrected chi connectivity index (χ0v) is 23.7. The van der Waals surface area contributed by atoms with E-state index >= 15 is 0 Å². The molecule has 2 atom stereocenters. The van der Waals surface area contributed by atoms with Gasteiger partial charge in [-0.05, 0) is 58.3 Å². The SMILES string of the molecule is C=CC(C)N(C)CC.C=CC(C)OCc1ccnc(N)n1.CCNCNc1cc(F)cc(C(F)(F)F)c1.CO. The summed E-state index contributed by atoms with van der Waals surface area (Å²) in [7, 11) is 3.09. The van der Waals surface area contributed by atoms with Crippen molar-refractivity contribution in [1.29, 1.82) is 0 Å². The van der Waals surface area contributed by atoms with Crippen LogP contribution in [0.2, 0.25) is 0 Å².